The van der Waals surface area contributed by atoms with Crippen molar-refractivity contribution in [2.75, 3.05) is 0 Å². The summed E-state index contributed by atoms with van der Waals surface area (Å²) in [7, 11) is 0. The van der Waals surface area contributed by atoms with Crippen LogP contribution in [0.3, 0.4) is 0 Å². The Morgan fingerprint density at radius 2 is 1.41 bits per heavy atom. The van der Waals surface area contributed by atoms with Crippen LogP contribution < -0.4 is 0 Å². The summed E-state index contributed by atoms with van der Waals surface area (Å²) in [6.07, 6.45) is 0. The van der Waals surface area contributed by atoms with Crippen LogP contribution in [0.15, 0.2) is 35.0 Å². The topological polar surface area (TPSA) is 34.1 Å². The maximum absolute atomic E-state index is 11.7. The number of rotatable bonds is 6. The molecule has 0 saturated carbocycles. The normalized spacial score (nSPS) is 10.4. The molecule has 0 spiro atoms. The van der Waals surface area contributed by atoms with Crippen molar-refractivity contribution < 1.29 is 9.59 Å². The molecule has 0 aliphatic rings. The van der Waals surface area contributed by atoms with Gasteiger partial charge in [-0.3, -0.25) is 0 Å². The van der Waals surface area contributed by atoms with Gasteiger partial charge in [-0.1, -0.05) is 0 Å². The van der Waals surface area contributed by atoms with Crippen LogP contribution in [0.25, 0.3) is 0 Å². The number of carbonyl (C=O) groups excluding carboxylic acids is 2. The number of hydrogen-bond donors (Lipinski definition) is 0. The van der Waals surface area contributed by atoms with Gasteiger partial charge in [-0.05, 0) is 0 Å². The zero-order valence-corrected chi connectivity index (χ0v) is 12.3. The molecule has 0 N–H and O–H groups in total. The van der Waals surface area contributed by atoms with Gasteiger partial charge in [-0.15, -0.1) is 0 Å². The Morgan fingerprint density at radius 1 is 0.941 bits per heavy atom. The SMILES string of the molecule is O=C(C[Se]CC(=O)c1cccs1)c1cccs1. The first-order valence-electron chi connectivity index (χ1n) is 4.98. The zero-order chi connectivity index (χ0) is 12.1. The van der Waals surface area contributed by atoms with Crippen molar-refractivity contribution in [2.45, 2.75) is 10.6 Å². The molecular weight excluding hydrogens is 319 g/mol. The summed E-state index contributed by atoms with van der Waals surface area (Å²) in [5.41, 5.74) is 0. The molecule has 5 heteroatoms. The zero-order valence-electron chi connectivity index (χ0n) is 8.92. The molecule has 0 amide bonds. The van der Waals surface area contributed by atoms with Crippen LogP contribution in [0.5, 0.6) is 0 Å². The predicted molar refractivity (Wildman–Crippen MR) is 72.7 cm³/mol. The monoisotopic (exact) mass is 330 g/mol. The first-order chi connectivity index (χ1) is 8.27. The molecule has 0 fully saturated rings. The molecule has 0 radical (unpaired) electrons. The average Bonchev–Trinajstić information content (AvgIpc) is 3.02. The molecule has 17 heavy (non-hydrogen) atoms. The standard InChI is InChI=1S/C12H10O2S2Se/c13-9(11-3-1-5-15-11)7-17-8-10(14)12-4-2-6-16-12/h1-6H,7-8H2. The Morgan fingerprint density at radius 3 is 1.76 bits per heavy atom. The molecule has 2 heterocycles. The van der Waals surface area contributed by atoms with Crippen molar-refractivity contribution in [1.29, 1.82) is 0 Å². The second kappa shape index (κ2) is 6.26. The van der Waals surface area contributed by atoms with Gasteiger partial charge < -0.3 is 0 Å². The molecule has 0 atom stereocenters. The second-order valence-electron chi connectivity index (χ2n) is 3.29. The molecule has 2 aromatic heterocycles. The van der Waals surface area contributed by atoms with Crippen LogP contribution in [0.2, 0.25) is 10.6 Å². The van der Waals surface area contributed by atoms with E-state index in [9.17, 15) is 9.59 Å². The number of carbonyl (C=O) groups is 2. The molecule has 88 valence electrons. The van der Waals surface area contributed by atoms with Crippen molar-refractivity contribution in [2.24, 2.45) is 0 Å². The van der Waals surface area contributed by atoms with Crippen molar-refractivity contribution in [3.05, 3.63) is 44.8 Å². The van der Waals surface area contributed by atoms with Gasteiger partial charge >= 0.3 is 114 Å². The van der Waals surface area contributed by atoms with Crippen molar-refractivity contribution in [1.82, 2.24) is 0 Å². The Labute approximate surface area is 114 Å². The van der Waals surface area contributed by atoms with E-state index in [0.29, 0.717) is 10.6 Å². The van der Waals surface area contributed by atoms with Gasteiger partial charge in [0.05, 0.1) is 0 Å². The summed E-state index contributed by atoms with van der Waals surface area (Å²) < 4.78 is 0. The van der Waals surface area contributed by atoms with Gasteiger partial charge in [0.2, 0.25) is 0 Å². The molecule has 0 saturated heterocycles. The molecule has 2 aromatic rings. The average molecular weight is 329 g/mol. The van der Waals surface area contributed by atoms with Gasteiger partial charge in [-0.25, -0.2) is 0 Å². The first-order valence-corrected chi connectivity index (χ1v) is 9.16. The Bertz CT molecular complexity index is 442. The third-order valence-electron chi connectivity index (χ3n) is 2.06. The summed E-state index contributed by atoms with van der Waals surface area (Å²) in [6, 6.07) is 7.43. The maximum atomic E-state index is 11.7. The fraction of sp³-hybridized carbons (Fsp3) is 0.167. The van der Waals surface area contributed by atoms with Gasteiger partial charge in [-0.2, -0.15) is 0 Å². The van der Waals surface area contributed by atoms with E-state index in [-0.39, 0.29) is 26.5 Å². The van der Waals surface area contributed by atoms with Crippen molar-refractivity contribution >= 4 is 49.2 Å². The molecule has 0 unspecified atom stereocenters. The molecule has 0 aliphatic carbocycles. The van der Waals surface area contributed by atoms with E-state index in [2.05, 4.69) is 0 Å². The van der Waals surface area contributed by atoms with E-state index >= 15 is 0 Å². The molecule has 0 aliphatic heterocycles. The number of hydrogen-bond acceptors (Lipinski definition) is 4. The van der Waals surface area contributed by atoms with Crippen LogP contribution in [-0.4, -0.2) is 26.5 Å². The predicted octanol–water partition coefficient (Wildman–Crippen LogP) is 3.42. The third kappa shape index (κ3) is 3.61. The number of thiophene rings is 2. The van der Waals surface area contributed by atoms with Crippen molar-refractivity contribution in [3.63, 3.8) is 0 Å². The van der Waals surface area contributed by atoms with E-state index in [4.69, 9.17) is 0 Å². The molecule has 0 bridgehead atoms. The Kier molecular flexibility index (Phi) is 4.68. The van der Waals surface area contributed by atoms with Crippen LogP contribution in [0.1, 0.15) is 19.3 Å². The van der Waals surface area contributed by atoms with Crippen LogP contribution in [0.4, 0.5) is 0 Å². The molecular formula is C12H10O2S2Se. The minimum absolute atomic E-state index is 0.0716. The number of ketones is 2. The van der Waals surface area contributed by atoms with E-state index < -0.39 is 0 Å². The first kappa shape index (κ1) is 12.7. The van der Waals surface area contributed by atoms with Crippen molar-refractivity contribution in [3.8, 4) is 0 Å². The van der Waals surface area contributed by atoms with Gasteiger partial charge in [0, 0.05) is 0 Å². The van der Waals surface area contributed by atoms with Crippen LogP contribution >= 0.6 is 22.7 Å². The summed E-state index contributed by atoms with van der Waals surface area (Å²) in [5.74, 6) is 0.331. The van der Waals surface area contributed by atoms with Gasteiger partial charge in [0.1, 0.15) is 0 Å². The van der Waals surface area contributed by atoms with Crippen LogP contribution in [0, 0.1) is 0 Å². The second-order valence-corrected chi connectivity index (χ2v) is 7.26. The quantitative estimate of drug-likeness (QED) is 0.601. The van der Waals surface area contributed by atoms with E-state index in [0.717, 1.165) is 9.75 Å². The van der Waals surface area contributed by atoms with Gasteiger partial charge in [0.25, 0.3) is 0 Å². The number of Topliss-reactive ketones (excluding diaryl/α,β-unsaturated/α-hetero) is 2. The summed E-state index contributed by atoms with van der Waals surface area (Å²) in [5, 5.41) is 4.84. The Balaban J connectivity index is 1.77. The van der Waals surface area contributed by atoms with E-state index in [1.807, 2.05) is 35.0 Å². The minimum atomic E-state index is 0.0716. The fourth-order valence-electron chi connectivity index (χ4n) is 1.25. The molecule has 0 aromatic carbocycles. The molecule has 2 rings (SSSR count). The van der Waals surface area contributed by atoms with E-state index in [1.54, 1.807) is 0 Å². The molecule has 2 nitrogen and oxygen atoms in total. The van der Waals surface area contributed by atoms with E-state index in [1.165, 1.54) is 22.7 Å². The fourth-order valence-corrected chi connectivity index (χ4v) is 4.64. The summed E-state index contributed by atoms with van der Waals surface area (Å²) in [6.45, 7) is 0. The van der Waals surface area contributed by atoms with Crippen LogP contribution in [-0.2, 0) is 0 Å². The summed E-state index contributed by atoms with van der Waals surface area (Å²) in [4.78, 5) is 25.0. The third-order valence-corrected chi connectivity index (χ3v) is 5.84. The van der Waals surface area contributed by atoms with Gasteiger partial charge in [0.15, 0.2) is 0 Å². The Hall–Kier alpha value is -0.741. The summed E-state index contributed by atoms with van der Waals surface area (Å²) >= 11 is 3.00.